The smallest absolute Gasteiger partial charge is 0.154 e. The van der Waals surface area contributed by atoms with Gasteiger partial charge in [0, 0.05) is 25.2 Å². The Morgan fingerprint density at radius 3 is 2.65 bits per heavy atom. The van der Waals surface area contributed by atoms with Gasteiger partial charge in [0.05, 0.1) is 19.3 Å². The summed E-state index contributed by atoms with van der Waals surface area (Å²) in [5.41, 5.74) is 7.79. The van der Waals surface area contributed by atoms with Crippen molar-refractivity contribution < 1.29 is 9.53 Å². The largest absolute Gasteiger partial charge is 0.497 e. The first kappa shape index (κ1) is 14.3. The first-order valence-corrected chi connectivity index (χ1v) is 6.50. The molecule has 0 bridgehead atoms. The number of hydrogen-bond acceptors (Lipinski definition) is 4. The molecule has 1 atom stereocenters. The third kappa shape index (κ3) is 3.45. The van der Waals surface area contributed by atoms with Gasteiger partial charge in [0.2, 0.25) is 0 Å². The predicted molar refractivity (Wildman–Crippen MR) is 76.5 cm³/mol. The predicted octanol–water partition coefficient (Wildman–Crippen LogP) is 1.63. The van der Waals surface area contributed by atoms with Gasteiger partial charge >= 0.3 is 0 Å². The third-order valence-electron chi connectivity index (χ3n) is 3.25. The lowest BCUT2D eigenvalue weighted by atomic mass is 10.0. The fourth-order valence-corrected chi connectivity index (χ4v) is 2.00. The summed E-state index contributed by atoms with van der Waals surface area (Å²) in [4.78, 5) is 12.1. The first-order chi connectivity index (χ1) is 9.60. The molecule has 0 spiro atoms. The first-order valence-electron chi connectivity index (χ1n) is 6.50. The number of methoxy groups -OCH3 is 1. The quantitative estimate of drug-likeness (QED) is 0.868. The van der Waals surface area contributed by atoms with Crippen molar-refractivity contribution in [1.82, 2.24) is 9.78 Å². The zero-order valence-electron chi connectivity index (χ0n) is 11.7. The Labute approximate surface area is 118 Å². The van der Waals surface area contributed by atoms with Gasteiger partial charge in [-0.15, -0.1) is 0 Å². The Bertz CT molecular complexity index is 575. The van der Waals surface area contributed by atoms with Crippen LogP contribution in [0.5, 0.6) is 5.75 Å². The highest BCUT2D eigenvalue weighted by Gasteiger charge is 2.16. The molecule has 2 N–H and O–H groups in total. The number of nitrogens with zero attached hydrogens (tertiary/aromatic N) is 2. The minimum Gasteiger partial charge on any atom is -0.497 e. The summed E-state index contributed by atoms with van der Waals surface area (Å²) in [5, 5.41) is 4.03. The van der Waals surface area contributed by atoms with Gasteiger partial charge in [0.25, 0.3) is 0 Å². The van der Waals surface area contributed by atoms with Crippen LogP contribution >= 0.6 is 0 Å². The maximum Gasteiger partial charge on any atom is 0.154 e. The molecule has 0 saturated carbocycles. The van der Waals surface area contributed by atoms with Gasteiger partial charge in [-0.1, -0.05) is 12.1 Å². The number of hydrogen-bond donors (Lipinski definition) is 1. The number of Topliss-reactive ketones (excluding diaryl/α,β-unsaturated/α-hetero) is 1. The van der Waals surface area contributed by atoms with E-state index in [2.05, 4.69) is 5.10 Å². The maximum absolute atomic E-state index is 12.1. The van der Waals surface area contributed by atoms with Gasteiger partial charge in [-0.05, 0) is 24.1 Å². The molecule has 1 aromatic carbocycles. The minimum atomic E-state index is -0.595. The number of rotatable bonds is 6. The number of carbonyl (C=O) groups is 1. The van der Waals surface area contributed by atoms with Gasteiger partial charge in [-0.25, -0.2) is 0 Å². The normalized spacial score (nSPS) is 12.2. The van der Waals surface area contributed by atoms with E-state index in [1.807, 2.05) is 24.3 Å². The number of benzene rings is 1. The van der Waals surface area contributed by atoms with E-state index in [4.69, 9.17) is 10.5 Å². The van der Waals surface area contributed by atoms with E-state index in [1.165, 1.54) is 0 Å². The Balaban J connectivity index is 1.91. The van der Waals surface area contributed by atoms with Crippen molar-refractivity contribution in [2.45, 2.75) is 18.9 Å². The van der Waals surface area contributed by atoms with Crippen LogP contribution in [0.1, 0.15) is 23.6 Å². The van der Waals surface area contributed by atoms with Crippen LogP contribution in [0.4, 0.5) is 0 Å². The maximum atomic E-state index is 12.1. The van der Waals surface area contributed by atoms with E-state index in [0.717, 1.165) is 16.9 Å². The van der Waals surface area contributed by atoms with Crippen LogP contribution in [0.3, 0.4) is 0 Å². The Hall–Kier alpha value is -2.14. The second kappa shape index (κ2) is 6.34. The fourth-order valence-electron chi connectivity index (χ4n) is 2.00. The van der Waals surface area contributed by atoms with E-state index in [9.17, 15) is 4.79 Å². The molecular weight excluding hydrogens is 254 g/mol. The standard InChI is InChI=1S/C15H19N3O2/c1-18-10-12(9-17-18)15(16)14(19)8-5-11-3-6-13(20-2)7-4-11/h3-4,6-7,9-10,15H,5,8,16H2,1-2H3. The van der Waals surface area contributed by atoms with E-state index in [-0.39, 0.29) is 5.78 Å². The SMILES string of the molecule is COc1ccc(CCC(=O)C(N)c2cnn(C)c2)cc1. The zero-order chi connectivity index (χ0) is 14.5. The number of ether oxygens (including phenoxy) is 1. The summed E-state index contributed by atoms with van der Waals surface area (Å²) in [7, 11) is 3.43. The molecule has 20 heavy (non-hydrogen) atoms. The second-order valence-electron chi connectivity index (χ2n) is 4.74. The molecule has 106 valence electrons. The highest BCUT2D eigenvalue weighted by atomic mass is 16.5. The molecule has 1 aromatic heterocycles. The lowest BCUT2D eigenvalue weighted by Gasteiger charge is -2.08. The number of ketones is 1. The molecule has 0 fully saturated rings. The van der Waals surface area contributed by atoms with Crippen molar-refractivity contribution in [3.8, 4) is 5.75 Å². The highest BCUT2D eigenvalue weighted by Crippen LogP contribution is 2.16. The van der Waals surface area contributed by atoms with E-state index in [1.54, 1.807) is 31.2 Å². The van der Waals surface area contributed by atoms with Gasteiger partial charge in [-0.2, -0.15) is 5.10 Å². The lowest BCUT2D eigenvalue weighted by Crippen LogP contribution is -2.21. The topological polar surface area (TPSA) is 70.1 Å². The summed E-state index contributed by atoms with van der Waals surface area (Å²) in [6, 6.07) is 7.10. The summed E-state index contributed by atoms with van der Waals surface area (Å²) >= 11 is 0. The Kier molecular flexibility index (Phi) is 4.53. The monoisotopic (exact) mass is 273 g/mol. The molecule has 0 aliphatic heterocycles. The zero-order valence-corrected chi connectivity index (χ0v) is 11.7. The van der Waals surface area contributed by atoms with Crippen LogP contribution in [0.15, 0.2) is 36.7 Å². The molecule has 2 rings (SSSR count). The summed E-state index contributed by atoms with van der Waals surface area (Å²) in [6.07, 6.45) is 4.51. The molecule has 2 aromatic rings. The summed E-state index contributed by atoms with van der Waals surface area (Å²) in [5.74, 6) is 0.834. The van der Waals surface area contributed by atoms with Crippen molar-refractivity contribution >= 4 is 5.78 Å². The molecule has 5 heteroatoms. The average Bonchev–Trinajstić information content (AvgIpc) is 2.91. The molecule has 0 aliphatic rings. The van der Waals surface area contributed by atoms with Crippen molar-refractivity contribution in [2.75, 3.05) is 7.11 Å². The summed E-state index contributed by atoms with van der Waals surface area (Å²) in [6.45, 7) is 0. The van der Waals surface area contributed by atoms with Gasteiger partial charge in [0.1, 0.15) is 5.75 Å². The molecule has 5 nitrogen and oxygen atoms in total. The van der Waals surface area contributed by atoms with Crippen molar-refractivity contribution in [1.29, 1.82) is 0 Å². The Morgan fingerprint density at radius 2 is 2.10 bits per heavy atom. The third-order valence-corrected chi connectivity index (χ3v) is 3.25. The van der Waals surface area contributed by atoms with E-state index < -0.39 is 6.04 Å². The Morgan fingerprint density at radius 1 is 1.40 bits per heavy atom. The minimum absolute atomic E-state index is 0.0221. The van der Waals surface area contributed by atoms with Crippen LogP contribution < -0.4 is 10.5 Å². The van der Waals surface area contributed by atoms with Crippen molar-refractivity contribution in [3.05, 3.63) is 47.8 Å². The van der Waals surface area contributed by atoms with E-state index >= 15 is 0 Å². The van der Waals surface area contributed by atoms with Crippen LogP contribution in [0.2, 0.25) is 0 Å². The molecule has 0 saturated heterocycles. The molecule has 0 amide bonds. The average molecular weight is 273 g/mol. The van der Waals surface area contributed by atoms with Crippen LogP contribution in [0.25, 0.3) is 0 Å². The molecule has 1 unspecified atom stereocenters. The summed E-state index contributed by atoms with van der Waals surface area (Å²) < 4.78 is 6.74. The molecular formula is C15H19N3O2. The van der Waals surface area contributed by atoms with Crippen molar-refractivity contribution in [2.24, 2.45) is 12.8 Å². The fraction of sp³-hybridized carbons (Fsp3) is 0.333. The van der Waals surface area contributed by atoms with Gasteiger partial charge in [-0.3, -0.25) is 9.48 Å². The second-order valence-corrected chi connectivity index (χ2v) is 4.74. The van der Waals surface area contributed by atoms with Crippen molar-refractivity contribution in [3.63, 3.8) is 0 Å². The number of carbonyl (C=O) groups excluding carboxylic acids is 1. The van der Waals surface area contributed by atoms with Crippen LogP contribution in [-0.2, 0) is 18.3 Å². The molecule has 0 aliphatic carbocycles. The molecule has 0 radical (unpaired) electrons. The van der Waals surface area contributed by atoms with E-state index in [0.29, 0.717) is 12.8 Å². The number of aryl methyl sites for hydroxylation is 2. The number of nitrogens with two attached hydrogens (primary N) is 1. The number of aromatic nitrogens is 2. The van der Waals surface area contributed by atoms with Crippen LogP contribution in [-0.4, -0.2) is 22.7 Å². The van der Waals surface area contributed by atoms with Gasteiger partial charge < -0.3 is 10.5 Å². The lowest BCUT2D eigenvalue weighted by molar-refractivity contribution is -0.120. The van der Waals surface area contributed by atoms with Crippen LogP contribution in [0, 0.1) is 0 Å². The van der Waals surface area contributed by atoms with Gasteiger partial charge in [0.15, 0.2) is 5.78 Å². The highest BCUT2D eigenvalue weighted by molar-refractivity contribution is 5.85. The molecule has 1 heterocycles.